The number of hydrogen-bond donors (Lipinski definition) is 1. The van der Waals surface area contributed by atoms with Gasteiger partial charge in [0, 0.05) is 17.6 Å². The number of aldehydes is 1. The summed E-state index contributed by atoms with van der Waals surface area (Å²) < 4.78 is 0. The molecule has 0 aromatic heterocycles. The minimum Gasteiger partial charge on any atom is -0.317 e. The molecule has 1 atom stereocenters. The van der Waals surface area contributed by atoms with Gasteiger partial charge >= 0.3 is 0 Å². The Hall–Kier alpha value is -1.19. The molecule has 3 nitrogen and oxygen atoms in total. The predicted octanol–water partition coefficient (Wildman–Crippen LogP) is 2.82. The molecule has 22 heavy (non-hydrogen) atoms. The first-order valence-electron chi connectivity index (χ1n) is 8.85. The molecule has 1 aliphatic carbocycles. The maximum atomic E-state index is 11.0. The molecule has 1 heterocycles. The SMILES string of the molecule is CCCN(C1CCNCC1)[C@@H]1CCc2ccc(C=O)cc2C1. The maximum absolute atomic E-state index is 11.0. The van der Waals surface area contributed by atoms with Crippen molar-refractivity contribution in [2.45, 2.75) is 57.5 Å². The highest BCUT2D eigenvalue weighted by Gasteiger charge is 2.29. The Balaban J connectivity index is 1.76. The van der Waals surface area contributed by atoms with Crippen LogP contribution in [0.4, 0.5) is 0 Å². The zero-order valence-electron chi connectivity index (χ0n) is 13.7. The summed E-state index contributed by atoms with van der Waals surface area (Å²) in [5.74, 6) is 0. The summed E-state index contributed by atoms with van der Waals surface area (Å²) in [6.45, 7) is 5.81. The molecule has 1 saturated heterocycles. The molecule has 1 aromatic carbocycles. The van der Waals surface area contributed by atoms with Gasteiger partial charge in [0.2, 0.25) is 0 Å². The number of carbonyl (C=O) groups excluding carboxylic acids is 1. The smallest absolute Gasteiger partial charge is 0.150 e. The second-order valence-corrected chi connectivity index (χ2v) is 6.76. The van der Waals surface area contributed by atoms with E-state index in [0.717, 1.165) is 43.8 Å². The van der Waals surface area contributed by atoms with E-state index in [-0.39, 0.29) is 0 Å². The van der Waals surface area contributed by atoms with Crippen LogP contribution in [0.1, 0.15) is 54.1 Å². The number of nitrogens with zero attached hydrogens (tertiary/aromatic N) is 1. The molecule has 3 heteroatoms. The van der Waals surface area contributed by atoms with Crippen LogP contribution in [-0.2, 0) is 12.8 Å². The largest absolute Gasteiger partial charge is 0.317 e. The molecule has 0 radical (unpaired) electrons. The second kappa shape index (κ2) is 7.38. The number of aryl methyl sites for hydroxylation is 1. The van der Waals surface area contributed by atoms with Crippen molar-refractivity contribution in [3.63, 3.8) is 0 Å². The molecule has 0 unspecified atom stereocenters. The minimum atomic E-state index is 0.650. The normalized spacial score (nSPS) is 22.5. The molecule has 120 valence electrons. The van der Waals surface area contributed by atoms with Gasteiger partial charge in [-0.1, -0.05) is 19.1 Å². The Morgan fingerprint density at radius 2 is 2.00 bits per heavy atom. The lowest BCUT2D eigenvalue weighted by Gasteiger charge is -2.42. The third-order valence-electron chi connectivity index (χ3n) is 5.30. The van der Waals surface area contributed by atoms with Gasteiger partial charge in [-0.15, -0.1) is 0 Å². The highest BCUT2D eigenvalue weighted by molar-refractivity contribution is 5.75. The summed E-state index contributed by atoms with van der Waals surface area (Å²) in [4.78, 5) is 13.8. The van der Waals surface area contributed by atoms with Gasteiger partial charge in [-0.3, -0.25) is 9.69 Å². The first kappa shape index (κ1) is 15.7. The van der Waals surface area contributed by atoms with E-state index in [2.05, 4.69) is 29.3 Å². The van der Waals surface area contributed by atoms with Crippen molar-refractivity contribution in [3.8, 4) is 0 Å². The molecule has 1 aliphatic heterocycles. The van der Waals surface area contributed by atoms with Crippen LogP contribution in [0.5, 0.6) is 0 Å². The Morgan fingerprint density at radius 1 is 1.18 bits per heavy atom. The van der Waals surface area contributed by atoms with Gasteiger partial charge < -0.3 is 5.32 Å². The lowest BCUT2D eigenvalue weighted by atomic mass is 9.85. The maximum Gasteiger partial charge on any atom is 0.150 e. The minimum absolute atomic E-state index is 0.650. The molecule has 0 amide bonds. The zero-order valence-corrected chi connectivity index (χ0v) is 13.7. The van der Waals surface area contributed by atoms with Crippen LogP contribution in [0.2, 0.25) is 0 Å². The molecule has 0 saturated carbocycles. The quantitative estimate of drug-likeness (QED) is 0.849. The number of hydrogen-bond acceptors (Lipinski definition) is 3. The van der Waals surface area contributed by atoms with Gasteiger partial charge in [-0.05, 0) is 75.4 Å². The first-order valence-corrected chi connectivity index (χ1v) is 8.85. The Morgan fingerprint density at radius 3 is 2.73 bits per heavy atom. The van der Waals surface area contributed by atoms with Crippen LogP contribution in [0, 0.1) is 0 Å². The molecule has 1 aromatic rings. The van der Waals surface area contributed by atoms with Crippen molar-refractivity contribution in [1.82, 2.24) is 10.2 Å². The summed E-state index contributed by atoms with van der Waals surface area (Å²) in [6.07, 6.45) is 8.28. The van der Waals surface area contributed by atoms with E-state index >= 15 is 0 Å². The van der Waals surface area contributed by atoms with E-state index in [9.17, 15) is 4.79 Å². The molecular weight excluding hydrogens is 272 g/mol. The number of piperidine rings is 1. The van der Waals surface area contributed by atoms with Crippen molar-refractivity contribution in [3.05, 3.63) is 34.9 Å². The number of nitrogens with one attached hydrogen (secondary N) is 1. The fraction of sp³-hybridized carbons (Fsp3) is 0.632. The number of benzene rings is 1. The Labute approximate surface area is 134 Å². The number of fused-ring (bicyclic) bond motifs is 1. The van der Waals surface area contributed by atoms with Crippen LogP contribution in [0.3, 0.4) is 0 Å². The van der Waals surface area contributed by atoms with E-state index in [4.69, 9.17) is 0 Å². The zero-order chi connectivity index (χ0) is 15.4. The number of rotatable bonds is 5. The van der Waals surface area contributed by atoms with E-state index in [1.165, 1.54) is 43.4 Å². The lowest BCUT2D eigenvalue weighted by molar-refractivity contribution is 0.0988. The summed E-state index contributed by atoms with van der Waals surface area (Å²) in [7, 11) is 0. The van der Waals surface area contributed by atoms with Crippen LogP contribution in [-0.4, -0.2) is 42.9 Å². The van der Waals surface area contributed by atoms with Crippen LogP contribution in [0.25, 0.3) is 0 Å². The van der Waals surface area contributed by atoms with Crippen molar-refractivity contribution >= 4 is 6.29 Å². The summed E-state index contributed by atoms with van der Waals surface area (Å²) in [5, 5.41) is 3.48. The topological polar surface area (TPSA) is 32.3 Å². The van der Waals surface area contributed by atoms with Gasteiger partial charge in [0.25, 0.3) is 0 Å². The average molecular weight is 300 g/mol. The fourth-order valence-electron chi connectivity index (χ4n) is 4.17. The molecule has 2 aliphatic rings. The monoisotopic (exact) mass is 300 g/mol. The van der Waals surface area contributed by atoms with Gasteiger partial charge in [0.05, 0.1) is 0 Å². The summed E-state index contributed by atoms with van der Waals surface area (Å²) in [6, 6.07) is 7.62. The molecular formula is C19H28N2O. The van der Waals surface area contributed by atoms with Gasteiger partial charge in [0.15, 0.2) is 0 Å². The third-order valence-corrected chi connectivity index (χ3v) is 5.30. The lowest BCUT2D eigenvalue weighted by Crippen LogP contribution is -2.50. The average Bonchev–Trinajstić information content (AvgIpc) is 2.59. The van der Waals surface area contributed by atoms with Crippen LogP contribution >= 0.6 is 0 Å². The van der Waals surface area contributed by atoms with Crippen molar-refractivity contribution in [2.75, 3.05) is 19.6 Å². The fourth-order valence-corrected chi connectivity index (χ4v) is 4.17. The highest BCUT2D eigenvalue weighted by Crippen LogP contribution is 2.28. The van der Waals surface area contributed by atoms with E-state index in [0.29, 0.717) is 6.04 Å². The molecule has 0 bridgehead atoms. The second-order valence-electron chi connectivity index (χ2n) is 6.76. The van der Waals surface area contributed by atoms with Crippen LogP contribution in [0.15, 0.2) is 18.2 Å². The van der Waals surface area contributed by atoms with E-state index < -0.39 is 0 Å². The third kappa shape index (κ3) is 3.41. The van der Waals surface area contributed by atoms with Gasteiger partial charge in [0.1, 0.15) is 6.29 Å². The molecule has 1 fully saturated rings. The predicted molar refractivity (Wildman–Crippen MR) is 90.5 cm³/mol. The highest BCUT2D eigenvalue weighted by atomic mass is 16.1. The first-order chi connectivity index (χ1) is 10.8. The van der Waals surface area contributed by atoms with E-state index in [1.807, 2.05) is 6.07 Å². The molecule has 3 rings (SSSR count). The van der Waals surface area contributed by atoms with E-state index in [1.54, 1.807) is 0 Å². The number of carbonyl (C=O) groups is 1. The standard InChI is InChI=1S/C19H28N2O/c1-2-11-21(18-7-9-20-10-8-18)19-6-5-16-4-3-15(14-22)12-17(16)13-19/h3-4,12,14,18-20H,2,5-11,13H2,1H3/t19-/m1/s1. The van der Waals surface area contributed by atoms with Crippen LogP contribution < -0.4 is 5.32 Å². The Kier molecular flexibility index (Phi) is 5.27. The van der Waals surface area contributed by atoms with Crippen molar-refractivity contribution in [2.24, 2.45) is 0 Å². The summed E-state index contributed by atoms with van der Waals surface area (Å²) in [5.41, 5.74) is 3.67. The van der Waals surface area contributed by atoms with Crippen molar-refractivity contribution in [1.29, 1.82) is 0 Å². The van der Waals surface area contributed by atoms with Gasteiger partial charge in [-0.25, -0.2) is 0 Å². The Bertz CT molecular complexity index is 508. The molecule has 1 N–H and O–H groups in total. The molecule has 0 spiro atoms. The summed E-state index contributed by atoms with van der Waals surface area (Å²) >= 11 is 0. The van der Waals surface area contributed by atoms with Gasteiger partial charge in [-0.2, -0.15) is 0 Å². The van der Waals surface area contributed by atoms with Crippen molar-refractivity contribution < 1.29 is 4.79 Å².